The molecular weight excluding hydrogens is 396 g/mol. The summed E-state index contributed by atoms with van der Waals surface area (Å²) in [5.74, 6) is -0.844. The van der Waals surface area contributed by atoms with Gasteiger partial charge >= 0.3 is 5.97 Å². The van der Waals surface area contributed by atoms with E-state index in [0.29, 0.717) is 18.0 Å². The molecule has 8 heteroatoms. The van der Waals surface area contributed by atoms with Crippen molar-refractivity contribution >= 4 is 35.9 Å². The molecule has 1 saturated heterocycles. The fourth-order valence-electron chi connectivity index (χ4n) is 4.24. The van der Waals surface area contributed by atoms with Crippen molar-refractivity contribution in [3.63, 3.8) is 0 Å². The molecule has 2 aromatic carbocycles. The molecule has 6 nitrogen and oxygen atoms in total. The fraction of sp³-hybridized carbons (Fsp3) is 0.304. The van der Waals surface area contributed by atoms with Crippen molar-refractivity contribution in [2.75, 3.05) is 18.5 Å². The van der Waals surface area contributed by atoms with Crippen molar-refractivity contribution in [3.8, 4) is 0 Å². The van der Waals surface area contributed by atoms with Crippen LogP contribution in [0.4, 0.5) is 10.1 Å². The zero-order valence-electron chi connectivity index (χ0n) is 17.5. The van der Waals surface area contributed by atoms with Gasteiger partial charge in [-0.1, -0.05) is 19.0 Å². The highest BCUT2D eigenvalue weighted by Gasteiger charge is 2.39. The summed E-state index contributed by atoms with van der Waals surface area (Å²) >= 11 is 0. The zero-order valence-corrected chi connectivity index (χ0v) is 17.5. The van der Waals surface area contributed by atoms with Gasteiger partial charge in [0, 0.05) is 22.5 Å². The Morgan fingerprint density at radius 1 is 1.23 bits per heavy atom. The van der Waals surface area contributed by atoms with Crippen LogP contribution in [0.3, 0.4) is 0 Å². The van der Waals surface area contributed by atoms with E-state index in [1.165, 1.54) is 12.1 Å². The Labute approximate surface area is 181 Å². The molecule has 0 saturated carbocycles. The predicted molar refractivity (Wildman–Crippen MR) is 119 cm³/mol. The average Bonchev–Trinajstić information content (AvgIpc) is 3.38. The summed E-state index contributed by atoms with van der Waals surface area (Å²) in [4.78, 5) is 30.3. The molecule has 2 heterocycles. The third-order valence-electron chi connectivity index (χ3n) is 5.72. The van der Waals surface area contributed by atoms with Gasteiger partial charge in [-0.25, -0.2) is 9.18 Å². The van der Waals surface area contributed by atoms with Crippen LogP contribution in [-0.2, 0) is 9.53 Å². The van der Waals surface area contributed by atoms with Gasteiger partial charge in [0.05, 0.1) is 12.6 Å². The van der Waals surface area contributed by atoms with Gasteiger partial charge in [-0.3, -0.25) is 4.79 Å². The Bertz CT molecular complexity index is 1100. The van der Waals surface area contributed by atoms with Crippen molar-refractivity contribution in [2.45, 2.75) is 32.1 Å². The third-order valence-corrected chi connectivity index (χ3v) is 5.72. The highest BCUT2D eigenvalue weighted by molar-refractivity contribution is 6.31. The van der Waals surface area contributed by atoms with E-state index < -0.39 is 5.97 Å². The van der Waals surface area contributed by atoms with E-state index in [2.05, 4.69) is 10.3 Å². The van der Waals surface area contributed by atoms with Gasteiger partial charge in [-0.2, -0.15) is 0 Å². The van der Waals surface area contributed by atoms with Crippen LogP contribution in [0.2, 0.25) is 6.82 Å². The number of halogens is 1. The summed E-state index contributed by atoms with van der Waals surface area (Å²) in [7, 11) is 1.93. The first-order valence-corrected chi connectivity index (χ1v) is 10.4. The predicted octanol–water partition coefficient (Wildman–Crippen LogP) is 3.95. The number of aromatic nitrogens is 1. The summed E-state index contributed by atoms with van der Waals surface area (Å²) in [5.41, 5.74) is 2.76. The molecule has 4 rings (SSSR count). The summed E-state index contributed by atoms with van der Waals surface area (Å²) in [6, 6.07) is 13.2. The number of hydrogen-bond donors (Lipinski definition) is 2. The van der Waals surface area contributed by atoms with E-state index in [1.807, 2.05) is 31.2 Å². The van der Waals surface area contributed by atoms with Crippen molar-refractivity contribution in [1.29, 1.82) is 0 Å². The maximum absolute atomic E-state index is 13.4. The first kappa shape index (κ1) is 21.1. The average molecular weight is 420 g/mol. The highest BCUT2D eigenvalue weighted by atomic mass is 19.1. The first-order valence-electron chi connectivity index (χ1n) is 10.4. The Balaban J connectivity index is 1.55. The van der Waals surface area contributed by atoms with Crippen LogP contribution in [0, 0.1) is 5.82 Å². The van der Waals surface area contributed by atoms with Crippen LogP contribution in [0.15, 0.2) is 48.5 Å². The molecule has 1 fully saturated rings. The van der Waals surface area contributed by atoms with Gasteiger partial charge in [-0.15, -0.1) is 0 Å². The van der Waals surface area contributed by atoms with Crippen LogP contribution >= 0.6 is 0 Å². The second-order valence-electron chi connectivity index (χ2n) is 7.58. The molecular formula is C23H24BFN3O3. The molecule has 1 aliphatic heterocycles. The topological polar surface area (TPSA) is 74.4 Å². The number of carbonyl (C=O) groups is 2. The summed E-state index contributed by atoms with van der Waals surface area (Å²) < 4.78 is 18.4. The van der Waals surface area contributed by atoms with Gasteiger partial charge in [-0.05, 0) is 61.9 Å². The molecule has 1 radical (unpaired) electrons. The van der Waals surface area contributed by atoms with Gasteiger partial charge in [0.25, 0.3) is 0 Å². The quantitative estimate of drug-likeness (QED) is 0.468. The van der Waals surface area contributed by atoms with Gasteiger partial charge in [0.1, 0.15) is 11.5 Å². The Morgan fingerprint density at radius 3 is 2.71 bits per heavy atom. The zero-order chi connectivity index (χ0) is 22.0. The number of anilines is 1. The minimum Gasteiger partial charge on any atom is -0.461 e. The van der Waals surface area contributed by atoms with Crippen LogP contribution in [0.25, 0.3) is 10.9 Å². The minimum absolute atomic E-state index is 0.0248. The molecule has 1 aromatic heterocycles. The highest BCUT2D eigenvalue weighted by Crippen LogP contribution is 2.34. The van der Waals surface area contributed by atoms with E-state index in [-0.39, 0.29) is 23.7 Å². The van der Waals surface area contributed by atoms with Gasteiger partial charge in [0.15, 0.2) is 0 Å². The molecule has 1 aliphatic rings. The molecule has 3 aromatic rings. The van der Waals surface area contributed by atoms with E-state index in [1.54, 1.807) is 31.2 Å². The molecule has 0 spiro atoms. The number of nitrogens with zero attached hydrogens (tertiary/aromatic N) is 1. The number of aromatic amines is 1. The van der Waals surface area contributed by atoms with Crippen LogP contribution in [0.5, 0.6) is 0 Å². The Hall–Kier alpha value is -3.13. The molecule has 2 atom stereocenters. The van der Waals surface area contributed by atoms with E-state index in [4.69, 9.17) is 4.74 Å². The second-order valence-corrected chi connectivity index (χ2v) is 7.58. The molecule has 2 N–H and O–H groups in total. The number of hydrogen-bond acceptors (Lipinski definition) is 4. The SMILES string of the molecule is C[B]N1CC[C@H](c2ccc(F)cc2)[C@H]1C(=O)Nc1ccc2[nH]c(C(=O)OCC)cc2c1. The number of H-pyrrole nitrogens is 1. The Morgan fingerprint density at radius 2 is 2.00 bits per heavy atom. The second kappa shape index (κ2) is 8.94. The maximum atomic E-state index is 13.4. The van der Waals surface area contributed by atoms with E-state index in [9.17, 15) is 14.0 Å². The minimum atomic E-state index is -0.411. The molecule has 0 bridgehead atoms. The van der Waals surface area contributed by atoms with Crippen LogP contribution in [0.1, 0.15) is 35.3 Å². The van der Waals surface area contributed by atoms with Crippen molar-refractivity contribution < 1.29 is 18.7 Å². The summed E-state index contributed by atoms with van der Waals surface area (Å²) in [5, 5.41) is 3.82. The lowest BCUT2D eigenvalue weighted by atomic mass is 9.87. The number of fused-ring (bicyclic) bond motifs is 1. The van der Waals surface area contributed by atoms with E-state index in [0.717, 1.165) is 29.4 Å². The van der Waals surface area contributed by atoms with Gasteiger partial charge < -0.3 is 19.8 Å². The number of carbonyl (C=O) groups excluding carboxylic acids is 2. The maximum Gasteiger partial charge on any atom is 0.354 e. The molecule has 0 unspecified atom stereocenters. The van der Waals surface area contributed by atoms with Crippen LogP contribution in [-0.4, -0.2) is 48.3 Å². The molecule has 1 amide bonds. The van der Waals surface area contributed by atoms with Crippen LogP contribution < -0.4 is 5.32 Å². The standard InChI is InChI=1S/C23H24BFN3O3/c1-3-31-23(30)20-13-15-12-17(8-9-19(15)27-20)26-22(29)21-18(10-11-28(21)24-2)14-4-6-16(25)7-5-14/h4-9,12-13,18,21,27H,3,10-11H2,1-2H3,(H,26,29)/t18-,21+/m1/s1. The fourth-order valence-corrected chi connectivity index (χ4v) is 4.24. The van der Waals surface area contributed by atoms with E-state index >= 15 is 0 Å². The lowest BCUT2D eigenvalue weighted by Gasteiger charge is -2.26. The molecule has 31 heavy (non-hydrogen) atoms. The largest absolute Gasteiger partial charge is 0.461 e. The van der Waals surface area contributed by atoms with Gasteiger partial charge in [0.2, 0.25) is 13.3 Å². The number of ether oxygens (including phenoxy) is 1. The third kappa shape index (κ3) is 4.34. The van der Waals surface area contributed by atoms with Crippen molar-refractivity contribution in [1.82, 2.24) is 9.79 Å². The lowest BCUT2D eigenvalue weighted by molar-refractivity contribution is -0.119. The summed E-state index contributed by atoms with van der Waals surface area (Å²) in [6.07, 6.45) is 0.813. The lowest BCUT2D eigenvalue weighted by Crippen LogP contribution is -2.43. The number of benzene rings is 2. The molecule has 159 valence electrons. The normalized spacial score (nSPS) is 18.8. The first-order chi connectivity index (χ1) is 15.0. The smallest absolute Gasteiger partial charge is 0.354 e. The number of nitrogens with one attached hydrogen (secondary N) is 2. The summed E-state index contributed by atoms with van der Waals surface area (Å²) in [6.45, 7) is 4.73. The van der Waals surface area contributed by atoms with Crippen molar-refractivity contribution in [3.05, 3.63) is 65.6 Å². The Kier molecular flexibility index (Phi) is 6.09. The van der Waals surface area contributed by atoms with Crippen molar-refractivity contribution in [2.24, 2.45) is 0 Å². The monoisotopic (exact) mass is 420 g/mol. The number of esters is 1. The molecule has 0 aliphatic carbocycles. The number of amides is 1. The number of rotatable bonds is 6.